The predicted molar refractivity (Wildman–Crippen MR) is 126 cm³/mol. The van der Waals surface area contributed by atoms with Crippen LogP contribution in [0.1, 0.15) is 28.8 Å². The lowest BCUT2D eigenvalue weighted by atomic mass is 10.00. The van der Waals surface area contributed by atoms with Crippen molar-refractivity contribution < 1.29 is 13.2 Å². The summed E-state index contributed by atoms with van der Waals surface area (Å²) in [5.41, 5.74) is 3.61. The van der Waals surface area contributed by atoms with E-state index in [1.165, 1.54) is 10.6 Å². The van der Waals surface area contributed by atoms with Crippen LogP contribution in [0.5, 0.6) is 0 Å². The van der Waals surface area contributed by atoms with Crippen molar-refractivity contribution in [3.63, 3.8) is 0 Å². The monoisotopic (exact) mass is 451 g/mol. The Kier molecular flexibility index (Phi) is 5.00. The Hall–Kier alpha value is -3.20. The Balaban J connectivity index is 1.56. The van der Waals surface area contributed by atoms with Gasteiger partial charge in [-0.1, -0.05) is 12.1 Å². The van der Waals surface area contributed by atoms with Gasteiger partial charge in [-0.3, -0.25) is 14.0 Å². The molecule has 1 amide bonds. The second-order valence-corrected chi connectivity index (χ2v) is 10.3. The summed E-state index contributed by atoms with van der Waals surface area (Å²) in [6.07, 6.45) is 3.48. The van der Waals surface area contributed by atoms with E-state index in [-0.39, 0.29) is 5.91 Å². The van der Waals surface area contributed by atoms with E-state index < -0.39 is 10.0 Å². The van der Waals surface area contributed by atoms with Crippen LogP contribution in [0.15, 0.2) is 42.5 Å². The number of carbonyl (C=O) groups is 1. The van der Waals surface area contributed by atoms with E-state index in [0.717, 1.165) is 42.4 Å². The second-order valence-electron chi connectivity index (χ2n) is 8.37. The predicted octanol–water partition coefficient (Wildman–Crippen LogP) is 2.83. The molecule has 32 heavy (non-hydrogen) atoms. The van der Waals surface area contributed by atoms with Gasteiger partial charge in [0.1, 0.15) is 0 Å². The smallest absolute Gasteiger partial charge is 0.259 e. The van der Waals surface area contributed by atoms with Gasteiger partial charge < -0.3 is 4.90 Å². The first-order valence-electron chi connectivity index (χ1n) is 10.7. The van der Waals surface area contributed by atoms with Crippen LogP contribution in [0.4, 0.5) is 17.3 Å². The number of hydrogen-bond donors (Lipinski definition) is 0. The number of aryl methyl sites for hydroxylation is 1. The van der Waals surface area contributed by atoms with Gasteiger partial charge in [-0.25, -0.2) is 18.4 Å². The molecule has 0 aliphatic carbocycles. The number of benzene rings is 2. The summed E-state index contributed by atoms with van der Waals surface area (Å²) in [7, 11) is -1.38. The number of nitrogens with zero attached hydrogens (tertiary/aromatic N) is 5. The molecule has 5 rings (SSSR count). The largest absolute Gasteiger partial charge is 0.357 e. The molecule has 0 radical (unpaired) electrons. The van der Waals surface area contributed by atoms with E-state index in [2.05, 4.69) is 0 Å². The molecule has 2 aliphatic rings. The molecule has 0 N–H and O–H groups in total. The Morgan fingerprint density at radius 2 is 1.66 bits per heavy atom. The summed E-state index contributed by atoms with van der Waals surface area (Å²) in [6.45, 7) is 1.78. The molecule has 0 unspecified atom stereocenters. The number of para-hydroxylation sites is 2. The van der Waals surface area contributed by atoms with E-state index in [1.54, 1.807) is 17.0 Å². The normalized spacial score (nSPS) is 16.5. The summed E-state index contributed by atoms with van der Waals surface area (Å²) >= 11 is 0. The SMILES string of the molecule is CN1CCCN(C(=O)c2ccc3c(c2)CCCN3S(C)(=O)=O)c2nc3ccccc3nc21. The first kappa shape index (κ1) is 20.7. The molecule has 2 aliphatic heterocycles. The van der Waals surface area contributed by atoms with Crippen molar-refractivity contribution in [1.29, 1.82) is 0 Å². The number of rotatable bonds is 2. The van der Waals surface area contributed by atoms with Gasteiger partial charge in [-0.15, -0.1) is 0 Å². The zero-order valence-electron chi connectivity index (χ0n) is 18.2. The van der Waals surface area contributed by atoms with Crippen molar-refractivity contribution in [2.24, 2.45) is 0 Å². The molecule has 0 atom stereocenters. The van der Waals surface area contributed by atoms with Crippen molar-refractivity contribution in [3.8, 4) is 0 Å². The topological polar surface area (TPSA) is 86.7 Å². The Bertz CT molecular complexity index is 1320. The Labute approximate surface area is 187 Å². The fourth-order valence-electron chi connectivity index (χ4n) is 4.49. The molecule has 0 saturated carbocycles. The zero-order valence-corrected chi connectivity index (χ0v) is 19.0. The standard InChI is InChI=1S/C23H25N5O3S/c1-26-12-6-13-27(22-21(26)24-18-8-3-4-9-19(18)25-22)23(29)17-10-11-20-16(15-17)7-5-14-28(20)32(2,30)31/h3-4,8-11,15H,5-7,12-14H2,1-2H3. The van der Waals surface area contributed by atoms with Crippen molar-refractivity contribution in [2.75, 3.05) is 47.0 Å². The van der Waals surface area contributed by atoms with Gasteiger partial charge in [0.15, 0.2) is 11.6 Å². The minimum Gasteiger partial charge on any atom is -0.357 e. The van der Waals surface area contributed by atoms with Gasteiger partial charge in [-0.2, -0.15) is 0 Å². The molecule has 3 aromatic rings. The minimum absolute atomic E-state index is 0.148. The maximum Gasteiger partial charge on any atom is 0.259 e. The quantitative estimate of drug-likeness (QED) is 0.596. The van der Waals surface area contributed by atoms with Gasteiger partial charge in [0.05, 0.1) is 23.0 Å². The molecular formula is C23H25N5O3S. The van der Waals surface area contributed by atoms with Gasteiger partial charge >= 0.3 is 0 Å². The number of anilines is 3. The second kappa shape index (κ2) is 7.74. The summed E-state index contributed by atoms with van der Waals surface area (Å²) in [4.78, 5) is 27.0. The first-order valence-corrected chi connectivity index (χ1v) is 12.6. The highest BCUT2D eigenvalue weighted by molar-refractivity contribution is 7.92. The number of carbonyl (C=O) groups excluding carboxylic acids is 1. The number of hydrogen-bond acceptors (Lipinski definition) is 6. The first-order chi connectivity index (χ1) is 15.3. The van der Waals surface area contributed by atoms with Crippen LogP contribution in [-0.2, 0) is 16.4 Å². The van der Waals surface area contributed by atoms with Crippen molar-refractivity contribution >= 4 is 44.3 Å². The van der Waals surface area contributed by atoms with Crippen molar-refractivity contribution in [1.82, 2.24) is 9.97 Å². The molecule has 0 spiro atoms. The summed E-state index contributed by atoms with van der Waals surface area (Å²) < 4.78 is 25.7. The zero-order chi connectivity index (χ0) is 22.5. The van der Waals surface area contributed by atoms with Crippen molar-refractivity contribution in [3.05, 3.63) is 53.6 Å². The molecule has 0 bridgehead atoms. The number of fused-ring (bicyclic) bond motifs is 3. The van der Waals surface area contributed by atoms with E-state index in [9.17, 15) is 13.2 Å². The fourth-order valence-corrected chi connectivity index (χ4v) is 5.49. The minimum atomic E-state index is -3.35. The summed E-state index contributed by atoms with van der Waals surface area (Å²) in [5.74, 6) is 1.10. The lowest BCUT2D eigenvalue weighted by Gasteiger charge is -2.30. The van der Waals surface area contributed by atoms with Gasteiger partial charge in [0, 0.05) is 32.2 Å². The molecule has 8 nitrogen and oxygen atoms in total. The highest BCUT2D eigenvalue weighted by Crippen LogP contribution is 2.33. The van der Waals surface area contributed by atoms with E-state index >= 15 is 0 Å². The van der Waals surface area contributed by atoms with E-state index in [1.807, 2.05) is 42.3 Å². The van der Waals surface area contributed by atoms with E-state index in [0.29, 0.717) is 36.0 Å². The lowest BCUT2D eigenvalue weighted by Crippen LogP contribution is -2.35. The average Bonchev–Trinajstić information content (AvgIpc) is 2.94. The molecule has 2 aromatic carbocycles. The molecule has 9 heteroatoms. The van der Waals surface area contributed by atoms with Crippen LogP contribution in [-0.4, -0.2) is 57.2 Å². The number of sulfonamides is 1. The van der Waals surface area contributed by atoms with Gasteiger partial charge in [0.2, 0.25) is 10.0 Å². The van der Waals surface area contributed by atoms with Crippen LogP contribution < -0.4 is 14.1 Å². The summed E-state index contributed by atoms with van der Waals surface area (Å²) in [5, 5.41) is 0. The van der Waals surface area contributed by atoms with E-state index in [4.69, 9.17) is 9.97 Å². The third kappa shape index (κ3) is 3.56. The van der Waals surface area contributed by atoms with Gasteiger partial charge in [0.25, 0.3) is 5.91 Å². The van der Waals surface area contributed by atoms with Crippen LogP contribution in [0, 0.1) is 0 Å². The molecule has 0 saturated heterocycles. The maximum atomic E-state index is 13.6. The fraction of sp³-hybridized carbons (Fsp3) is 0.348. The van der Waals surface area contributed by atoms with Gasteiger partial charge in [-0.05, 0) is 55.2 Å². The Morgan fingerprint density at radius 3 is 2.38 bits per heavy atom. The Morgan fingerprint density at radius 1 is 0.938 bits per heavy atom. The third-order valence-electron chi connectivity index (χ3n) is 6.07. The highest BCUT2D eigenvalue weighted by Gasteiger charge is 2.29. The molecule has 0 fully saturated rings. The summed E-state index contributed by atoms with van der Waals surface area (Å²) in [6, 6.07) is 13.0. The number of amides is 1. The average molecular weight is 452 g/mol. The third-order valence-corrected chi connectivity index (χ3v) is 7.25. The molecule has 166 valence electrons. The van der Waals surface area contributed by atoms with Crippen molar-refractivity contribution in [2.45, 2.75) is 19.3 Å². The highest BCUT2D eigenvalue weighted by atomic mass is 32.2. The van der Waals surface area contributed by atoms with Crippen LogP contribution in [0.25, 0.3) is 11.0 Å². The van der Waals surface area contributed by atoms with Crippen LogP contribution in [0.3, 0.4) is 0 Å². The molecular weight excluding hydrogens is 426 g/mol. The molecule has 1 aromatic heterocycles. The molecule has 3 heterocycles. The van der Waals surface area contributed by atoms with Crippen LogP contribution in [0.2, 0.25) is 0 Å². The van der Waals surface area contributed by atoms with Crippen LogP contribution >= 0.6 is 0 Å². The maximum absolute atomic E-state index is 13.6. The number of aromatic nitrogens is 2. The lowest BCUT2D eigenvalue weighted by molar-refractivity contribution is 0.0986.